The number of rotatable bonds is 3. The molecule has 2 rings (SSSR count). The lowest BCUT2D eigenvalue weighted by Crippen LogP contribution is -2.29. The van der Waals surface area contributed by atoms with Crippen LogP contribution in [0.25, 0.3) is 0 Å². The molecule has 1 aliphatic carbocycles. The van der Waals surface area contributed by atoms with E-state index in [2.05, 4.69) is 12.1 Å². The van der Waals surface area contributed by atoms with Crippen molar-refractivity contribution in [2.45, 2.75) is 37.7 Å². The van der Waals surface area contributed by atoms with Crippen LogP contribution in [0.4, 0.5) is 0 Å². The van der Waals surface area contributed by atoms with Crippen molar-refractivity contribution >= 4 is 12.3 Å². The minimum absolute atomic E-state index is 0.149. The molecule has 1 fully saturated rings. The summed E-state index contributed by atoms with van der Waals surface area (Å²) < 4.78 is 5.20. The molecule has 0 N–H and O–H groups in total. The van der Waals surface area contributed by atoms with Gasteiger partial charge < -0.3 is 4.74 Å². The minimum atomic E-state index is -0.752. The molecule has 1 aliphatic rings. The monoisotopic (exact) mass is 232 g/mol. The molecule has 0 heterocycles. The fraction of sp³-hybridized carbons (Fsp3) is 0.429. The van der Waals surface area contributed by atoms with Crippen LogP contribution in [0, 0.1) is 0 Å². The average Bonchev–Trinajstić information content (AvgIpc) is 2.40. The molecule has 1 saturated carbocycles. The van der Waals surface area contributed by atoms with Gasteiger partial charge in [0, 0.05) is 5.92 Å². The van der Waals surface area contributed by atoms with E-state index in [9.17, 15) is 9.59 Å². The fourth-order valence-electron chi connectivity index (χ4n) is 2.50. The number of esters is 1. The van der Waals surface area contributed by atoms with E-state index >= 15 is 0 Å². The highest BCUT2D eigenvalue weighted by Gasteiger charge is 2.29. The van der Waals surface area contributed by atoms with E-state index in [1.54, 1.807) is 0 Å². The van der Waals surface area contributed by atoms with Crippen LogP contribution in [0.2, 0.25) is 0 Å². The van der Waals surface area contributed by atoms with Gasteiger partial charge in [0.1, 0.15) is 6.10 Å². The third kappa shape index (κ3) is 2.93. The lowest BCUT2D eigenvalue weighted by molar-refractivity contribution is -0.155. The molecule has 0 spiro atoms. The summed E-state index contributed by atoms with van der Waals surface area (Å²) in [5, 5.41) is 0. The summed E-state index contributed by atoms with van der Waals surface area (Å²) >= 11 is 0. The average molecular weight is 232 g/mol. The van der Waals surface area contributed by atoms with E-state index in [0.29, 0.717) is 0 Å². The Hall–Kier alpha value is -1.64. The van der Waals surface area contributed by atoms with Crippen molar-refractivity contribution in [2.24, 2.45) is 0 Å². The van der Waals surface area contributed by atoms with Crippen LogP contribution in [0.3, 0.4) is 0 Å². The number of carbonyl (C=O) groups excluding carboxylic acids is 2. The highest BCUT2D eigenvalue weighted by Crippen LogP contribution is 2.34. The van der Waals surface area contributed by atoms with Gasteiger partial charge in [-0.1, -0.05) is 36.8 Å². The zero-order chi connectivity index (χ0) is 12.1. The molecule has 0 bridgehead atoms. The van der Waals surface area contributed by atoms with Crippen LogP contribution in [-0.4, -0.2) is 18.4 Å². The molecule has 90 valence electrons. The molecular formula is C14H16O3. The Kier molecular flexibility index (Phi) is 3.91. The molecule has 0 amide bonds. The van der Waals surface area contributed by atoms with E-state index < -0.39 is 5.97 Å². The van der Waals surface area contributed by atoms with Gasteiger partial charge in [0.25, 0.3) is 0 Å². The van der Waals surface area contributed by atoms with Gasteiger partial charge in [0.05, 0.1) is 0 Å². The Bertz CT molecular complexity index is 386. The molecule has 17 heavy (non-hydrogen) atoms. The SMILES string of the molecule is O=CC(=O)O[C@@H]1CCCC[C@H]1c1ccccc1. The summed E-state index contributed by atoms with van der Waals surface area (Å²) in [5.41, 5.74) is 1.19. The van der Waals surface area contributed by atoms with Crippen molar-refractivity contribution < 1.29 is 14.3 Å². The van der Waals surface area contributed by atoms with Crippen LogP contribution in [0.1, 0.15) is 37.2 Å². The van der Waals surface area contributed by atoms with Gasteiger partial charge >= 0.3 is 5.97 Å². The van der Waals surface area contributed by atoms with Gasteiger partial charge in [-0.2, -0.15) is 0 Å². The standard InChI is InChI=1S/C14H16O3/c15-10-14(16)17-13-9-5-4-8-12(13)11-6-2-1-3-7-11/h1-3,6-7,10,12-13H,4-5,8-9H2/t12-,13+/m0/s1. The predicted molar refractivity (Wildman–Crippen MR) is 63.6 cm³/mol. The molecule has 1 aromatic rings. The lowest BCUT2D eigenvalue weighted by Gasteiger charge is -2.30. The first-order valence-electron chi connectivity index (χ1n) is 6.02. The second-order valence-electron chi connectivity index (χ2n) is 4.39. The molecule has 3 heteroatoms. The first-order chi connectivity index (χ1) is 8.31. The summed E-state index contributed by atoms with van der Waals surface area (Å²) in [4.78, 5) is 21.4. The van der Waals surface area contributed by atoms with E-state index in [0.717, 1.165) is 25.7 Å². The second-order valence-corrected chi connectivity index (χ2v) is 4.39. The van der Waals surface area contributed by atoms with E-state index in [-0.39, 0.29) is 18.3 Å². The van der Waals surface area contributed by atoms with Crippen molar-refractivity contribution in [3.63, 3.8) is 0 Å². The van der Waals surface area contributed by atoms with E-state index in [1.165, 1.54) is 5.56 Å². The van der Waals surface area contributed by atoms with Gasteiger partial charge in [-0.25, -0.2) is 4.79 Å². The maximum Gasteiger partial charge on any atom is 0.371 e. The molecule has 0 saturated heterocycles. The second kappa shape index (κ2) is 5.62. The van der Waals surface area contributed by atoms with Crippen molar-refractivity contribution in [3.05, 3.63) is 35.9 Å². The number of carbonyl (C=O) groups is 2. The van der Waals surface area contributed by atoms with Crippen LogP contribution in [0.15, 0.2) is 30.3 Å². The Labute approximate surface area is 101 Å². The summed E-state index contributed by atoms with van der Waals surface area (Å²) in [6.07, 6.45) is 4.16. The smallest absolute Gasteiger partial charge is 0.371 e. The number of ether oxygens (including phenoxy) is 1. The topological polar surface area (TPSA) is 43.4 Å². The molecule has 1 aromatic carbocycles. The highest BCUT2D eigenvalue weighted by atomic mass is 16.5. The summed E-state index contributed by atoms with van der Waals surface area (Å²) in [7, 11) is 0. The Morgan fingerprint density at radius 3 is 2.59 bits per heavy atom. The lowest BCUT2D eigenvalue weighted by atomic mass is 9.81. The predicted octanol–water partition coefficient (Wildman–Crippen LogP) is 2.45. The van der Waals surface area contributed by atoms with Crippen molar-refractivity contribution in [1.82, 2.24) is 0 Å². The Balaban J connectivity index is 2.12. The first kappa shape index (κ1) is 11.8. The van der Waals surface area contributed by atoms with Crippen LogP contribution < -0.4 is 0 Å². The maximum atomic E-state index is 11.1. The number of hydrogen-bond donors (Lipinski definition) is 0. The number of hydrogen-bond acceptors (Lipinski definition) is 3. The summed E-state index contributed by atoms with van der Waals surface area (Å²) in [6.45, 7) is 0. The zero-order valence-corrected chi connectivity index (χ0v) is 9.67. The highest BCUT2D eigenvalue weighted by molar-refractivity contribution is 6.20. The minimum Gasteiger partial charge on any atom is -0.456 e. The van der Waals surface area contributed by atoms with Gasteiger partial charge in [0.15, 0.2) is 0 Å². The number of benzene rings is 1. The molecule has 2 atom stereocenters. The van der Waals surface area contributed by atoms with Crippen molar-refractivity contribution in [2.75, 3.05) is 0 Å². The zero-order valence-electron chi connectivity index (χ0n) is 9.67. The van der Waals surface area contributed by atoms with Crippen molar-refractivity contribution in [1.29, 1.82) is 0 Å². The molecule has 0 aromatic heterocycles. The van der Waals surface area contributed by atoms with Gasteiger partial charge in [0.2, 0.25) is 6.29 Å². The quantitative estimate of drug-likeness (QED) is 0.457. The maximum absolute atomic E-state index is 11.1. The Morgan fingerprint density at radius 1 is 1.18 bits per heavy atom. The van der Waals surface area contributed by atoms with Crippen molar-refractivity contribution in [3.8, 4) is 0 Å². The molecule has 0 radical (unpaired) electrons. The summed E-state index contributed by atoms with van der Waals surface area (Å²) in [6, 6.07) is 10.1. The van der Waals surface area contributed by atoms with Gasteiger partial charge in [-0.05, 0) is 24.8 Å². The Morgan fingerprint density at radius 2 is 1.88 bits per heavy atom. The van der Waals surface area contributed by atoms with Gasteiger partial charge in [-0.15, -0.1) is 0 Å². The molecule has 0 aliphatic heterocycles. The largest absolute Gasteiger partial charge is 0.456 e. The van der Waals surface area contributed by atoms with E-state index in [4.69, 9.17) is 4.74 Å². The van der Waals surface area contributed by atoms with E-state index in [1.807, 2.05) is 18.2 Å². The number of aldehydes is 1. The normalized spacial score (nSPS) is 24.0. The van der Waals surface area contributed by atoms with Crippen LogP contribution in [-0.2, 0) is 14.3 Å². The summed E-state index contributed by atoms with van der Waals surface area (Å²) in [5.74, 6) is -0.522. The fourth-order valence-corrected chi connectivity index (χ4v) is 2.50. The van der Waals surface area contributed by atoms with Crippen LogP contribution >= 0.6 is 0 Å². The molecule has 0 unspecified atom stereocenters. The van der Waals surface area contributed by atoms with Gasteiger partial charge in [-0.3, -0.25) is 4.79 Å². The molecular weight excluding hydrogens is 216 g/mol. The third-order valence-electron chi connectivity index (χ3n) is 3.29. The molecule has 3 nitrogen and oxygen atoms in total. The third-order valence-corrected chi connectivity index (χ3v) is 3.29. The first-order valence-corrected chi connectivity index (χ1v) is 6.02. The van der Waals surface area contributed by atoms with Crippen LogP contribution in [0.5, 0.6) is 0 Å².